The molecule has 0 unspecified atom stereocenters. The van der Waals surface area contributed by atoms with Crippen molar-refractivity contribution >= 4 is 33.8 Å². The Morgan fingerprint density at radius 3 is 2.36 bits per heavy atom. The Labute approximate surface area is 167 Å². The highest BCUT2D eigenvalue weighted by atomic mass is 32.1. The Bertz CT molecular complexity index is 983. The molecule has 3 aromatic rings. The van der Waals surface area contributed by atoms with E-state index in [1.165, 1.54) is 23.5 Å². The van der Waals surface area contributed by atoms with E-state index in [9.17, 15) is 14.0 Å². The van der Waals surface area contributed by atoms with Gasteiger partial charge in [-0.3, -0.25) is 9.59 Å². The fraction of sp³-hybridized carbons (Fsp3) is 0.182. The van der Waals surface area contributed by atoms with Crippen molar-refractivity contribution in [3.8, 4) is 11.1 Å². The molecule has 2 amide bonds. The summed E-state index contributed by atoms with van der Waals surface area (Å²) in [4.78, 5) is 25.3. The third kappa shape index (κ3) is 4.64. The van der Waals surface area contributed by atoms with Crippen molar-refractivity contribution in [1.29, 1.82) is 0 Å². The summed E-state index contributed by atoms with van der Waals surface area (Å²) < 4.78 is 14.0. The van der Waals surface area contributed by atoms with E-state index in [2.05, 4.69) is 10.6 Å². The Hall–Kier alpha value is -2.99. The van der Waals surface area contributed by atoms with Crippen LogP contribution in [-0.4, -0.2) is 11.8 Å². The molecule has 0 bridgehead atoms. The van der Waals surface area contributed by atoms with Crippen molar-refractivity contribution in [2.24, 2.45) is 5.92 Å². The minimum absolute atomic E-state index is 0.0946. The summed E-state index contributed by atoms with van der Waals surface area (Å²) in [6.45, 7) is 3.91. The van der Waals surface area contributed by atoms with E-state index in [1.54, 1.807) is 12.1 Å². The van der Waals surface area contributed by atoms with Crippen molar-refractivity contribution in [2.75, 3.05) is 10.6 Å². The third-order valence-electron chi connectivity index (χ3n) is 4.07. The second-order valence-electron chi connectivity index (χ2n) is 6.80. The summed E-state index contributed by atoms with van der Waals surface area (Å²) >= 11 is 1.28. The third-order valence-corrected chi connectivity index (χ3v) is 4.97. The van der Waals surface area contributed by atoms with Gasteiger partial charge in [-0.25, -0.2) is 4.39 Å². The zero-order valence-corrected chi connectivity index (χ0v) is 16.5. The molecule has 0 aliphatic rings. The predicted octanol–water partition coefficient (Wildman–Crippen LogP) is 5.79. The molecule has 6 heteroatoms. The van der Waals surface area contributed by atoms with Gasteiger partial charge in [0.15, 0.2) is 0 Å². The number of amides is 2. The van der Waals surface area contributed by atoms with Crippen molar-refractivity contribution in [1.82, 2.24) is 0 Å². The number of thiophene rings is 1. The summed E-state index contributed by atoms with van der Waals surface area (Å²) in [5.74, 6) is -0.941. The van der Waals surface area contributed by atoms with Crippen LogP contribution in [0.1, 0.15) is 30.6 Å². The number of halogens is 1. The highest BCUT2D eigenvalue weighted by Crippen LogP contribution is 2.36. The normalized spacial score (nSPS) is 10.7. The van der Waals surface area contributed by atoms with Gasteiger partial charge in [-0.05, 0) is 23.6 Å². The molecule has 2 N–H and O–H groups in total. The van der Waals surface area contributed by atoms with E-state index in [-0.39, 0.29) is 17.5 Å². The van der Waals surface area contributed by atoms with E-state index in [0.717, 1.165) is 5.56 Å². The van der Waals surface area contributed by atoms with E-state index < -0.39 is 11.7 Å². The minimum Gasteiger partial charge on any atom is -0.319 e. The van der Waals surface area contributed by atoms with Crippen molar-refractivity contribution in [2.45, 2.75) is 20.3 Å². The average Bonchev–Trinajstić information content (AvgIpc) is 3.07. The Kier molecular flexibility index (Phi) is 6.21. The molecule has 0 saturated carbocycles. The first-order valence-corrected chi connectivity index (χ1v) is 9.86. The number of benzene rings is 2. The first-order valence-electron chi connectivity index (χ1n) is 8.98. The molecule has 0 atom stereocenters. The molecule has 2 aromatic carbocycles. The van der Waals surface area contributed by atoms with Crippen LogP contribution in [0.5, 0.6) is 0 Å². The van der Waals surface area contributed by atoms with E-state index >= 15 is 0 Å². The van der Waals surface area contributed by atoms with Gasteiger partial charge < -0.3 is 10.6 Å². The zero-order valence-electron chi connectivity index (χ0n) is 15.7. The first-order chi connectivity index (χ1) is 13.5. The molecular weight excluding hydrogens is 375 g/mol. The number of nitrogens with one attached hydrogen (secondary N) is 2. The largest absolute Gasteiger partial charge is 0.319 e. The van der Waals surface area contributed by atoms with Gasteiger partial charge in [-0.15, -0.1) is 11.3 Å². The fourth-order valence-corrected chi connectivity index (χ4v) is 3.78. The number of hydrogen-bond acceptors (Lipinski definition) is 3. The maximum Gasteiger partial charge on any atom is 0.259 e. The maximum absolute atomic E-state index is 14.0. The van der Waals surface area contributed by atoms with E-state index in [0.29, 0.717) is 22.5 Å². The van der Waals surface area contributed by atoms with Gasteiger partial charge in [0, 0.05) is 17.4 Å². The average molecular weight is 396 g/mol. The summed E-state index contributed by atoms with van der Waals surface area (Å²) in [6.07, 6.45) is 0.354. The fourth-order valence-electron chi connectivity index (χ4n) is 2.80. The zero-order chi connectivity index (χ0) is 20.1. The SMILES string of the molecule is CC(C)CC(=O)Nc1scc(-c2ccccc2)c1C(=O)Nc1ccccc1F. The Morgan fingerprint density at radius 2 is 1.68 bits per heavy atom. The van der Waals surface area contributed by atoms with Crippen molar-refractivity contribution < 1.29 is 14.0 Å². The Morgan fingerprint density at radius 1 is 1.00 bits per heavy atom. The highest BCUT2D eigenvalue weighted by Gasteiger charge is 2.22. The van der Waals surface area contributed by atoms with Gasteiger partial charge in [0.1, 0.15) is 10.8 Å². The van der Waals surface area contributed by atoms with Crippen LogP contribution < -0.4 is 10.6 Å². The van der Waals surface area contributed by atoms with E-state index in [1.807, 2.05) is 49.6 Å². The molecule has 1 heterocycles. The number of carbonyl (C=O) groups is 2. The lowest BCUT2D eigenvalue weighted by molar-refractivity contribution is -0.116. The molecule has 0 saturated heterocycles. The summed E-state index contributed by atoms with van der Waals surface area (Å²) in [5, 5.41) is 7.74. The molecule has 0 aliphatic carbocycles. The molecule has 28 heavy (non-hydrogen) atoms. The first kappa shape index (κ1) is 19.8. The van der Waals surface area contributed by atoms with Crippen LogP contribution in [0.4, 0.5) is 15.1 Å². The molecule has 0 spiro atoms. The smallest absolute Gasteiger partial charge is 0.259 e. The summed E-state index contributed by atoms with van der Waals surface area (Å²) in [6, 6.07) is 15.4. The molecule has 4 nitrogen and oxygen atoms in total. The van der Waals surface area contributed by atoms with Crippen LogP contribution in [0.15, 0.2) is 60.0 Å². The van der Waals surface area contributed by atoms with Crippen molar-refractivity contribution in [3.05, 3.63) is 71.4 Å². The summed E-state index contributed by atoms with van der Waals surface area (Å²) in [7, 11) is 0. The molecule has 0 radical (unpaired) electrons. The van der Waals surface area contributed by atoms with Crippen LogP contribution in [-0.2, 0) is 4.79 Å². The quantitative estimate of drug-likeness (QED) is 0.554. The number of para-hydroxylation sites is 1. The number of anilines is 2. The summed E-state index contributed by atoms with van der Waals surface area (Å²) in [5.41, 5.74) is 1.97. The number of hydrogen-bond donors (Lipinski definition) is 2. The van der Waals surface area contributed by atoms with Gasteiger partial charge in [0.2, 0.25) is 5.91 Å². The minimum atomic E-state index is -0.516. The van der Waals surface area contributed by atoms with Gasteiger partial charge in [0.25, 0.3) is 5.91 Å². The van der Waals surface area contributed by atoms with Gasteiger partial charge in [0.05, 0.1) is 11.3 Å². The van der Waals surface area contributed by atoms with Crippen LogP contribution in [0.3, 0.4) is 0 Å². The molecular formula is C22H21FN2O2S. The van der Waals surface area contributed by atoms with Gasteiger partial charge in [-0.1, -0.05) is 56.3 Å². The molecule has 0 fully saturated rings. The predicted molar refractivity (Wildman–Crippen MR) is 112 cm³/mol. The van der Waals surface area contributed by atoms with Crippen LogP contribution >= 0.6 is 11.3 Å². The van der Waals surface area contributed by atoms with Crippen molar-refractivity contribution in [3.63, 3.8) is 0 Å². The lowest BCUT2D eigenvalue weighted by atomic mass is 10.0. The van der Waals surface area contributed by atoms with Crippen LogP contribution in [0.25, 0.3) is 11.1 Å². The Balaban J connectivity index is 1.97. The van der Waals surface area contributed by atoms with E-state index in [4.69, 9.17) is 0 Å². The number of rotatable bonds is 6. The second-order valence-corrected chi connectivity index (χ2v) is 7.68. The molecule has 144 valence electrons. The van der Waals surface area contributed by atoms with Gasteiger partial charge in [-0.2, -0.15) is 0 Å². The highest BCUT2D eigenvalue weighted by molar-refractivity contribution is 7.15. The number of carbonyl (C=O) groups excluding carboxylic acids is 2. The second kappa shape index (κ2) is 8.80. The standard InChI is InChI=1S/C22H21FN2O2S/c1-14(2)12-19(26)25-22-20(16(13-28-22)15-8-4-3-5-9-15)21(27)24-18-11-7-6-10-17(18)23/h3-11,13-14H,12H2,1-2H3,(H,24,27)(H,25,26). The lowest BCUT2D eigenvalue weighted by Gasteiger charge is -2.11. The topological polar surface area (TPSA) is 58.2 Å². The molecule has 0 aliphatic heterocycles. The lowest BCUT2D eigenvalue weighted by Crippen LogP contribution is -2.18. The monoisotopic (exact) mass is 396 g/mol. The van der Waals surface area contributed by atoms with Crippen LogP contribution in [0.2, 0.25) is 0 Å². The van der Waals surface area contributed by atoms with Gasteiger partial charge >= 0.3 is 0 Å². The maximum atomic E-state index is 14.0. The molecule has 3 rings (SSSR count). The molecule has 1 aromatic heterocycles. The van der Waals surface area contributed by atoms with Crippen LogP contribution in [0, 0.1) is 11.7 Å².